The first-order chi connectivity index (χ1) is 3.29. The van der Waals surface area contributed by atoms with Crippen molar-refractivity contribution in [2.24, 2.45) is 0 Å². The van der Waals surface area contributed by atoms with Crippen molar-refractivity contribution < 1.29 is 35.3 Å². The van der Waals surface area contributed by atoms with E-state index in [1.807, 2.05) is 6.07 Å². The van der Waals surface area contributed by atoms with Crippen molar-refractivity contribution in [2.75, 3.05) is 0 Å². The van der Waals surface area contributed by atoms with E-state index in [1.54, 1.807) is 11.3 Å². The number of hydrogen-bond donors (Lipinski definition) is 0. The second-order valence-electron chi connectivity index (χ2n) is 1.21. The summed E-state index contributed by atoms with van der Waals surface area (Å²) in [6, 6.07) is 4.00. The molecule has 0 spiro atoms. The maximum Gasteiger partial charge on any atom is -1.00 e. The zero-order valence-electron chi connectivity index (χ0n) is 4.03. The minimum atomic E-state index is 0. The molecular formula is C4H2BrClSZn. The molecule has 0 unspecified atom stereocenters. The zero-order chi connectivity index (χ0) is 5.28. The van der Waals surface area contributed by atoms with Crippen molar-refractivity contribution in [1.82, 2.24) is 0 Å². The summed E-state index contributed by atoms with van der Waals surface area (Å²) in [4.78, 5) is 0. The van der Waals surface area contributed by atoms with Gasteiger partial charge in [-0.25, -0.2) is 0 Å². The summed E-state index contributed by atoms with van der Waals surface area (Å²) in [6.45, 7) is 0. The van der Waals surface area contributed by atoms with Crippen molar-refractivity contribution in [3.8, 4) is 0 Å². The Hall–Kier alpha value is 1.09. The molecule has 0 bridgehead atoms. The van der Waals surface area contributed by atoms with Gasteiger partial charge in [-0.2, -0.15) is 0 Å². The topological polar surface area (TPSA) is 0 Å². The Bertz CT molecular complexity index is 148. The van der Waals surface area contributed by atoms with Crippen LogP contribution in [0.25, 0.3) is 0 Å². The molecule has 1 aromatic rings. The summed E-state index contributed by atoms with van der Waals surface area (Å²) < 4.78 is 2.30. The molecule has 0 aliphatic rings. The molecule has 0 N–H and O–H groups in total. The summed E-state index contributed by atoms with van der Waals surface area (Å²) >= 11 is 8.48. The average Bonchev–Trinajstić information content (AvgIpc) is 1.87. The van der Waals surface area contributed by atoms with Gasteiger partial charge in [0.1, 0.15) is 0 Å². The fraction of sp³-hybridized carbons (Fsp3) is 0. The molecule has 0 aliphatic heterocycles. The molecule has 0 aliphatic carbocycles. The fourth-order valence-electron chi connectivity index (χ4n) is 0.352. The third-order valence-electron chi connectivity index (χ3n) is 0.629. The van der Waals surface area contributed by atoms with E-state index in [-0.39, 0.29) is 17.0 Å². The largest absolute Gasteiger partial charge is 1.00 e. The van der Waals surface area contributed by atoms with Crippen LogP contribution in [0.15, 0.2) is 12.1 Å². The van der Waals surface area contributed by atoms with Crippen LogP contribution < -0.4 is 20.5 Å². The molecule has 1 rings (SSSR count). The summed E-state index contributed by atoms with van der Waals surface area (Å²) in [5.74, 6) is 0. The molecule has 8 heavy (non-hydrogen) atoms. The van der Waals surface area contributed by atoms with Crippen LogP contribution >= 0.6 is 22.9 Å². The van der Waals surface area contributed by atoms with Crippen LogP contribution in [0.2, 0.25) is 4.34 Å². The molecule has 0 nitrogen and oxygen atoms in total. The zero-order valence-corrected chi connectivity index (χ0v) is 10.2. The first-order valence-corrected chi connectivity index (χ1v) is 4.54. The summed E-state index contributed by atoms with van der Waals surface area (Å²) in [6.07, 6.45) is 0. The molecular weight excluding hydrogens is 261 g/mol. The molecule has 0 saturated heterocycles. The fourth-order valence-corrected chi connectivity index (χ4v) is 3.04. The quantitative estimate of drug-likeness (QED) is 0.504. The van der Waals surface area contributed by atoms with Crippen LogP contribution in [0.1, 0.15) is 0 Å². The van der Waals surface area contributed by atoms with Crippen LogP contribution in [0, 0.1) is 0 Å². The van der Waals surface area contributed by atoms with Crippen LogP contribution in [-0.2, 0) is 18.3 Å². The number of rotatable bonds is 0. The molecule has 1 aromatic heterocycles. The second-order valence-corrected chi connectivity index (χ2v) is 5.68. The van der Waals surface area contributed by atoms with E-state index in [2.05, 4.69) is 6.07 Å². The van der Waals surface area contributed by atoms with Crippen molar-refractivity contribution in [1.29, 1.82) is 0 Å². The average molecular weight is 263 g/mol. The van der Waals surface area contributed by atoms with E-state index in [4.69, 9.17) is 11.6 Å². The van der Waals surface area contributed by atoms with Crippen molar-refractivity contribution >= 4 is 26.4 Å². The molecule has 40 valence electrons. The monoisotopic (exact) mass is 260 g/mol. The van der Waals surface area contributed by atoms with Gasteiger partial charge in [0.15, 0.2) is 0 Å². The van der Waals surface area contributed by atoms with Gasteiger partial charge in [0, 0.05) is 0 Å². The minimum absolute atomic E-state index is 0. The van der Waals surface area contributed by atoms with Gasteiger partial charge in [-0.1, -0.05) is 0 Å². The molecule has 0 atom stereocenters. The predicted octanol–water partition coefficient (Wildman–Crippen LogP) is -1.42. The Balaban J connectivity index is 0.000000490. The first kappa shape index (κ1) is 9.09. The van der Waals surface area contributed by atoms with Gasteiger partial charge in [-0.15, -0.1) is 0 Å². The van der Waals surface area contributed by atoms with Crippen LogP contribution in [0.4, 0.5) is 0 Å². The first-order valence-electron chi connectivity index (χ1n) is 1.86. The third kappa shape index (κ3) is 2.59. The molecule has 4 heteroatoms. The third-order valence-corrected chi connectivity index (χ3v) is 3.12. The standard InChI is InChI=1S/C4H2ClS.BrH.Zn/c5-4-2-1-3-6-4;;/h1-2H;1H;/q;;+1/p-1. The van der Waals surface area contributed by atoms with E-state index in [0.717, 1.165) is 4.34 Å². The molecule has 0 radical (unpaired) electrons. The molecule has 0 saturated carbocycles. The SMILES string of the molecule is Clc1cc[c]([Zn+])s1.[Br-]. The van der Waals surface area contributed by atoms with Gasteiger partial charge in [0.25, 0.3) is 0 Å². The predicted molar refractivity (Wildman–Crippen MR) is 29.0 cm³/mol. The maximum absolute atomic E-state index is 5.60. The Kier molecular flexibility index (Phi) is 4.54. The van der Waals surface area contributed by atoms with Crippen molar-refractivity contribution in [3.63, 3.8) is 0 Å². The van der Waals surface area contributed by atoms with Crippen LogP contribution in [0.5, 0.6) is 0 Å². The van der Waals surface area contributed by atoms with Gasteiger partial charge in [0.05, 0.1) is 0 Å². The number of halogens is 2. The molecule has 0 amide bonds. The number of thiophene rings is 1. The van der Waals surface area contributed by atoms with Crippen LogP contribution in [-0.4, -0.2) is 0 Å². The van der Waals surface area contributed by atoms with Gasteiger partial charge >= 0.3 is 61.2 Å². The van der Waals surface area contributed by atoms with E-state index in [9.17, 15) is 0 Å². The molecule has 0 fully saturated rings. The summed E-state index contributed by atoms with van der Waals surface area (Å²) in [5.41, 5.74) is 0. The van der Waals surface area contributed by atoms with Gasteiger partial charge in [0.2, 0.25) is 0 Å². The normalized spacial score (nSPS) is 8.38. The smallest absolute Gasteiger partial charge is 1.00 e. The second kappa shape index (κ2) is 4.00. The van der Waals surface area contributed by atoms with E-state index in [1.165, 1.54) is 21.8 Å². The van der Waals surface area contributed by atoms with Crippen molar-refractivity contribution in [2.45, 2.75) is 0 Å². The van der Waals surface area contributed by atoms with Gasteiger partial charge in [-0.3, -0.25) is 0 Å². The van der Waals surface area contributed by atoms with E-state index < -0.39 is 0 Å². The maximum atomic E-state index is 5.60. The van der Waals surface area contributed by atoms with Gasteiger partial charge in [-0.05, 0) is 0 Å². The Morgan fingerprint density at radius 2 is 2.12 bits per heavy atom. The van der Waals surface area contributed by atoms with Crippen LogP contribution in [0.3, 0.4) is 0 Å². The molecule has 0 aromatic carbocycles. The van der Waals surface area contributed by atoms with Gasteiger partial charge < -0.3 is 17.0 Å². The molecule has 1 heterocycles. The number of hydrogen-bond acceptors (Lipinski definition) is 1. The summed E-state index contributed by atoms with van der Waals surface area (Å²) in [7, 11) is 0. The van der Waals surface area contributed by atoms with E-state index in [0.29, 0.717) is 0 Å². The summed E-state index contributed by atoms with van der Waals surface area (Å²) in [5, 5.41) is 0. The van der Waals surface area contributed by atoms with E-state index >= 15 is 0 Å². The Morgan fingerprint density at radius 1 is 1.50 bits per heavy atom. The Morgan fingerprint density at radius 3 is 2.25 bits per heavy atom. The Labute approximate surface area is 77.7 Å². The minimum Gasteiger partial charge on any atom is -1.00 e. The van der Waals surface area contributed by atoms with Crippen molar-refractivity contribution in [3.05, 3.63) is 16.5 Å².